The van der Waals surface area contributed by atoms with Gasteiger partial charge in [0.05, 0.1) is 5.69 Å². The van der Waals surface area contributed by atoms with Gasteiger partial charge in [0.1, 0.15) is 11.6 Å². The third-order valence-electron chi connectivity index (χ3n) is 2.42. The summed E-state index contributed by atoms with van der Waals surface area (Å²) >= 11 is 0. The lowest BCUT2D eigenvalue weighted by atomic mass is 10.3. The number of amides is 2. The van der Waals surface area contributed by atoms with Crippen LogP contribution >= 0.6 is 0 Å². The van der Waals surface area contributed by atoms with Crippen LogP contribution in [0.15, 0.2) is 18.2 Å². The van der Waals surface area contributed by atoms with Gasteiger partial charge in [0, 0.05) is 12.6 Å². The number of carbonyl (C=O) groups is 1. The van der Waals surface area contributed by atoms with Crippen molar-refractivity contribution in [2.45, 2.75) is 12.8 Å². The fourth-order valence-corrected chi connectivity index (χ4v) is 1.32. The van der Waals surface area contributed by atoms with Crippen molar-refractivity contribution in [3.8, 4) is 0 Å². The number of hydrogen-bond donors (Lipinski definition) is 2. The molecule has 3 nitrogen and oxygen atoms in total. The molecule has 0 heterocycles. The maximum absolute atomic E-state index is 13.1. The first-order valence-corrected chi connectivity index (χ1v) is 5.15. The van der Waals surface area contributed by atoms with Crippen molar-refractivity contribution in [2.24, 2.45) is 5.92 Å². The first kappa shape index (κ1) is 10.9. The summed E-state index contributed by atoms with van der Waals surface area (Å²) in [5.41, 5.74) is -0.145. The van der Waals surface area contributed by atoms with Gasteiger partial charge in [0.15, 0.2) is 0 Å². The molecule has 0 bridgehead atoms. The summed E-state index contributed by atoms with van der Waals surface area (Å²) in [4.78, 5) is 11.3. The van der Waals surface area contributed by atoms with Crippen LogP contribution in [0.4, 0.5) is 19.3 Å². The van der Waals surface area contributed by atoms with E-state index in [1.165, 1.54) is 0 Å². The van der Waals surface area contributed by atoms with E-state index in [1.54, 1.807) is 0 Å². The summed E-state index contributed by atoms with van der Waals surface area (Å²) in [5, 5.41) is 4.87. The molecule has 0 spiro atoms. The molecular weight excluding hydrogens is 214 g/mol. The number of nitrogens with one attached hydrogen (secondary N) is 2. The highest BCUT2D eigenvalue weighted by Gasteiger charge is 2.21. The SMILES string of the molecule is O=C(NCC1CC1)Nc1cc(F)ccc1F. The van der Waals surface area contributed by atoms with E-state index in [1.807, 2.05) is 0 Å². The van der Waals surface area contributed by atoms with E-state index >= 15 is 0 Å². The minimum atomic E-state index is -0.650. The zero-order chi connectivity index (χ0) is 11.5. The second-order valence-corrected chi connectivity index (χ2v) is 3.90. The Labute approximate surface area is 91.8 Å². The lowest BCUT2D eigenvalue weighted by Crippen LogP contribution is -2.30. The Morgan fingerprint density at radius 3 is 2.81 bits per heavy atom. The van der Waals surface area contributed by atoms with E-state index in [4.69, 9.17) is 0 Å². The molecule has 2 rings (SSSR count). The van der Waals surface area contributed by atoms with Crippen molar-refractivity contribution in [1.82, 2.24) is 5.32 Å². The first-order chi connectivity index (χ1) is 7.65. The molecule has 1 aromatic carbocycles. The second-order valence-electron chi connectivity index (χ2n) is 3.90. The Balaban J connectivity index is 1.91. The predicted octanol–water partition coefficient (Wildman–Crippen LogP) is 2.50. The molecule has 86 valence electrons. The topological polar surface area (TPSA) is 41.1 Å². The zero-order valence-electron chi connectivity index (χ0n) is 8.59. The summed E-state index contributed by atoms with van der Waals surface area (Å²) in [6.45, 7) is 0.586. The fourth-order valence-electron chi connectivity index (χ4n) is 1.32. The zero-order valence-corrected chi connectivity index (χ0v) is 8.59. The Kier molecular flexibility index (Phi) is 3.03. The van der Waals surface area contributed by atoms with Crippen LogP contribution in [-0.2, 0) is 0 Å². The number of benzene rings is 1. The lowest BCUT2D eigenvalue weighted by molar-refractivity contribution is 0.251. The number of rotatable bonds is 3. The number of halogens is 2. The van der Waals surface area contributed by atoms with E-state index in [0.717, 1.165) is 31.0 Å². The van der Waals surface area contributed by atoms with Crippen molar-refractivity contribution in [1.29, 1.82) is 0 Å². The normalized spacial score (nSPS) is 14.6. The van der Waals surface area contributed by atoms with Gasteiger partial charge in [-0.3, -0.25) is 0 Å². The maximum Gasteiger partial charge on any atom is 0.319 e. The average Bonchev–Trinajstić information content (AvgIpc) is 3.04. The van der Waals surface area contributed by atoms with Crippen LogP contribution < -0.4 is 10.6 Å². The van der Waals surface area contributed by atoms with Gasteiger partial charge in [-0.1, -0.05) is 0 Å². The van der Waals surface area contributed by atoms with Crippen molar-refractivity contribution < 1.29 is 13.6 Å². The third-order valence-corrected chi connectivity index (χ3v) is 2.42. The van der Waals surface area contributed by atoms with Crippen LogP contribution in [0.3, 0.4) is 0 Å². The number of hydrogen-bond acceptors (Lipinski definition) is 1. The van der Waals surface area contributed by atoms with E-state index in [9.17, 15) is 13.6 Å². The van der Waals surface area contributed by atoms with Crippen molar-refractivity contribution in [3.05, 3.63) is 29.8 Å². The minimum Gasteiger partial charge on any atom is -0.338 e. The second kappa shape index (κ2) is 4.47. The molecule has 5 heteroatoms. The molecule has 0 aromatic heterocycles. The smallest absolute Gasteiger partial charge is 0.319 e. The van der Waals surface area contributed by atoms with Crippen LogP contribution in [0.1, 0.15) is 12.8 Å². The number of carbonyl (C=O) groups excluding carboxylic acids is 1. The highest BCUT2D eigenvalue weighted by Crippen LogP contribution is 2.27. The first-order valence-electron chi connectivity index (χ1n) is 5.15. The van der Waals surface area contributed by atoms with Gasteiger partial charge >= 0.3 is 6.03 Å². The lowest BCUT2D eigenvalue weighted by Gasteiger charge is -2.07. The Morgan fingerprint density at radius 1 is 1.38 bits per heavy atom. The van der Waals surface area contributed by atoms with Gasteiger partial charge < -0.3 is 10.6 Å². The molecule has 0 unspecified atom stereocenters. The molecule has 0 radical (unpaired) electrons. The quantitative estimate of drug-likeness (QED) is 0.816. The predicted molar refractivity (Wildman–Crippen MR) is 56.1 cm³/mol. The molecule has 0 saturated heterocycles. The summed E-state index contributed by atoms with van der Waals surface area (Å²) < 4.78 is 25.9. The molecule has 1 aliphatic rings. The highest BCUT2D eigenvalue weighted by molar-refractivity contribution is 5.89. The Bertz CT molecular complexity index is 405. The van der Waals surface area contributed by atoms with Gasteiger partial charge in [-0.05, 0) is 30.9 Å². The van der Waals surface area contributed by atoms with Gasteiger partial charge in [-0.25, -0.2) is 13.6 Å². The van der Waals surface area contributed by atoms with E-state index in [0.29, 0.717) is 12.5 Å². The van der Waals surface area contributed by atoms with Gasteiger partial charge in [0.2, 0.25) is 0 Å². The molecule has 0 atom stereocenters. The molecule has 1 aromatic rings. The third kappa shape index (κ3) is 2.92. The Hall–Kier alpha value is -1.65. The molecule has 2 N–H and O–H groups in total. The summed E-state index contributed by atoms with van der Waals surface area (Å²) in [6, 6.07) is 2.43. The summed E-state index contributed by atoms with van der Waals surface area (Å²) in [7, 11) is 0. The number of urea groups is 1. The van der Waals surface area contributed by atoms with Gasteiger partial charge in [-0.2, -0.15) is 0 Å². The molecule has 2 amide bonds. The van der Waals surface area contributed by atoms with Crippen molar-refractivity contribution in [2.75, 3.05) is 11.9 Å². The standard InChI is InChI=1S/C11H12F2N2O/c12-8-3-4-9(13)10(5-8)15-11(16)14-6-7-1-2-7/h3-5,7H,1-2,6H2,(H2,14,15,16). The monoisotopic (exact) mass is 226 g/mol. The highest BCUT2D eigenvalue weighted by atomic mass is 19.1. The van der Waals surface area contributed by atoms with E-state index in [2.05, 4.69) is 10.6 Å². The molecule has 16 heavy (non-hydrogen) atoms. The minimum absolute atomic E-state index is 0.145. The molecular formula is C11H12F2N2O. The van der Waals surface area contributed by atoms with Gasteiger partial charge in [0.25, 0.3) is 0 Å². The van der Waals surface area contributed by atoms with Crippen molar-refractivity contribution in [3.63, 3.8) is 0 Å². The molecule has 1 saturated carbocycles. The van der Waals surface area contributed by atoms with Crippen LogP contribution in [0, 0.1) is 17.6 Å². The fraction of sp³-hybridized carbons (Fsp3) is 0.364. The molecule has 0 aliphatic heterocycles. The van der Waals surface area contributed by atoms with Gasteiger partial charge in [-0.15, -0.1) is 0 Å². The van der Waals surface area contributed by atoms with E-state index < -0.39 is 17.7 Å². The summed E-state index contributed by atoms with van der Waals surface area (Å²) in [6.07, 6.45) is 2.24. The Morgan fingerprint density at radius 2 is 2.12 bits per heavy atom. The largest absolute Gasteiger partial charge is 0.338 e. The van der Waals surface area contributed by atoms with E-state index in [-0.39, 0.29) is 5.69 Å². The van der Waals surface area contributed by atoms with Crippen LogP contribution in [0.25, 0.3) is 0 Å². The molecule has 1 aliphatic carbocycles. The molecule has 1 fully saturated rings. The van der Waals surface area contributed by atoms with Crippen molar-refractivity contribution >= 4 is 11.7 Å². The van der Waals surface area contributed by atoms with Crippen LogP contribution in [0.5, 0.6) is 0 Å². The maximum atomic E-state index is 13.1. The van der Waals surface area contributed by atoms with Crippen LogP contribution in [0.2, 0.25) is 0 Å². The average molecular weight is 226 g/mol. The van der Waals surface area contributed by atoms with Crippen LogP contribution in [-0.4, -0.2) is 12.6 Å². The summed E-state index contributed by atoms with van der Waals surface area (Å²) in [5.74, 6) is -0.690. The number of anilines is 1.